The number of hydrogen-bond donors (Lipinski definition) is 1. The summed E-state index contributed by atoms with van der Waals surface area (Å²) >= 11 is 3.57. The first-order valence-corrected chi connectivity index (χ1v) is 9.82. The van der Waals surface area contributed by atoms with Crippen molar-refractivity contribution in [1.29, 1.82) is 0 Å². The van der Waals surface area contributed by atoms with Gasteiger partial charge in [-0.05, 0) is 61.5 Å². The van der Waals surface area contributed by atoms with Crippen LogP contribution in [0.5, 0.6) is 0 Å². The maximum absolute atomic E-state index is 13.2. The Bertz CT molecular complexity index is 642. The number of piperidine rings is 1. The number of nitrogens with zero attached hydrogens (tertiary/aromatic N) is 1. The summed E-state index contributed by atoms with van der Waals surface area (Å²) in [6, 6.07) is 6.25. The third kappa shape index (κ3) is 2.61. The number of nitrogens with one attached hydrogen (secondary N) is 1. The van der Waals surface area contributed by atoms with E-state index in [1.54, 1.807) is 0 Å². The predicted octanol–water partition coefficient (Wildman–Crippen LogP) is 2.85. The van der Waals surface area contributed by atoms with E-state index in [-0.39, 0.29) is 17.4 Å². The molecule has 4 rings (SSSR count). The first-order valence-electron chi connectivity index (χ1n) is 9.02. The zero-order valence-corrected chi connectivity index (χ0v) is 15.8. The standard InChI is InChI=1S/C19H25BrN2O2/c1-2-13-9-14(3-4-16(13)20)18(23)22-12-19(5-7-21-8-6-19)15-10-24-11-17(15)22/h3-4,9,15,17,21H,2,5-8,10-12H2,1H3/t15-,17+/m0/s1. The molecule has 1 aromatic rings. The number of carbonyl (C=O) groups is 1. The lowest BCUT2D eigenvalue weighted by Crippen LogP contribution is -2.43. The molecule has 3 aliphatic rings. The van der Waals surface area contributed by atoms with Gasteiger partial charge in [0.2, 0.25) is 0 Å². The maximum Gasteiger partial charge on any atom is 0.254 e. The van der Waals surface area contributed by atoms with E-state index in [1.807, 2.05) is 18.2 Å². The number of benzene rings is 1. The van der Waals surface area contributed by atoms with Gasteiger partial charge in [-0.1, -0.05) is 22.9 Å². The molecule has 0 aromatic heterocycles. The monoisotopic (exact) mass is 392 g/mol. The second-order valence-corrected chi connectivity index (χ2v) is 8.27. The number of likely N-dealkylation sites (tertiary alicyclic amines) is 1. The molecule has 0 unspecified atom stereocenters. The van der Waals surface area contributed by atoms with Crippen molar-refractivity contribution in [3.05, 3.63) is 33.8 Å². The Hall–Kier alpha value is -0.910. The van der Waals surface area contributed by atoms with E-state index in [1.165, 1.54) is 5.56 Å². The summed E-state index contributed by atoms with van der Waals surface area (Å²) in [4.78, 5) is 15.4. The van der Waals surface area contributed by atoms with Crippen LogP contribution in [0.1, 0.15) is 35.7 Å². The Morgan fingerprint density at radius 1 is 1.38 bits per heavy atom. The average molecular weight is 393 g/mol. The molecule has 5 heteroatoms. The van der Waals surface area contributed by atoms with Gasteiger partial charge in [-0.15, -0.1) is 0 Å². The van der Waals surface area contributed by atoms with Gasteiger partial charge < -0.3 is 15.0 Å². The quantitative estimate of drug-likeness (QED) is 0.840. The summed E-state index contributed by atoms with van der Waals surface area (Å²) in [7, 11) is 0. The van der Waals surface area contributed by atoms with Crippen LogP contribution in [0.15, 0.2) is 22.7 Å². The van der Waals surface area contributed by atoms with Crippen molar-refractivity contribution in [2.24, 2.45) is 11.3 Å². The van der Waals surface area contributed by atoms with Gasteiger partial charge in [-0.3, -0.25) is 4.79 Å². The third-order valence-corrected chi connectivity index (χ3v) is 7.03. The number of hydrogen-bond acceptors (Lipinski definition) is 3. The second-order valence-electron chi connectivity index (χ2n) is 7.42. The van der Waals surface area contributed by atoms with Crippen LogP contribution in [0.3, 0.4) is 0 Å². The average Bonchev–Trinajstić information content (AvgIpc) is 3.19. The number of carbonyl (C=O) groups excluding carboxylic acids is 1. The van der Waals surface area contributed by atoms with E-state index in [9.17, 15) is 4.79 Å². The maximum atomic E-state index is 13.2. The Morgan fingerprint density at radius 2 is 2.17 bits per heavy atom. The fourth-order valence-electron chi connectivity index (χ4n) is 4.83. The minimum absolute atomic E-state index is 0.174. The molecule has 1 amide bonds. The smallest absolute Gasteiger partial charge is 0.254 e. The molecule has 0 saturated carbocycles. The summed E-state index contributed by atoms with van der Waals surface area (Å²) < 4.78 is 6.88. The van der Waals surface area contributed by atoms with Crippen molar-refractivity contribution < 1.29 is 9.53 Å². The van der Waals surface area contributed by atoms with Crippen molar-refractivity contribution in [1.82, 2.24) is 10.2 Å². The van der Waals surface area contributed by atoms with Crippen LogP contribution < -0.4 is 5.32 Å². The molecule has 3 heterocycles. The Kier molecular flexibility index (Phi) is 4.43. The van der Waals surface area contributed by atoms with Crippen molar-refractivity contribution in [2.75, 3.05) is 32.8 Å². The highest BCUT2D eigenvalue weighted by atomic mass is 79.9. The lowest BCUT2D eigenvalue weighted by Gasteiger charge is -2.37. The molecule has 1 aromatic carbocycles. The van der Waals surface area contributed by atoms with Crippen LogP contribution in [-0.2, 0) is 11.2 Å². The second kappa shape index (κ2) is 6.43. The van der Waals surface area contributed by atoms with Crippen molar-refractivity contribution in [2.45, 2.75) is 32.2 Å². The molecule has 0 aliphatic carbocycles. The zero-order valence-electron chi connectivity index (χ0n) is 14.2. The van der Waals surface area contributed by atoms with Gasteiger partial charge in [0.1, 0.15) is 0 Å². The molecule has 3 saturated heterocycles. The molecule has 4 nitrogen and oxygen atoms in total. The molecule has 1 N–H and O–H groups in total. The molecule has 130 valence electrons. The van der Waals surface area contributed by atoms with Gasteiger partial charge in [-0.25, -0.2) is 0 Å². The van der Waals surface area contributed by atoms with Crippen molar-refractivity contribution >= 4 is 21.8 Å². The van der Waals surface area contributed by atoms with E-state index >= 15 is 0 Å². The summed E-state index contributed by atoms with van der Waals surface area (Å²) in [5.41, 5.74) is 2.26. The van der Waals surface area contributed by atoms with Crippen LogP contribution >= 0.6 is 15.9 Å². The highest BCUT2D eigenvalue weighted by molar-refractivity contribution is 9.10. The largest absolute Gasteiger partial charge is 0.379 e. The molecule has 1 spiro atoms. The predicted molar refractivity (Wildman–Crippen MR) is 97.2 cm³/mol. The van der Waals surface area contributed by atoms with E-state index < -0.39 is 0 Å². The van der Waals surface area contributed by atoms with Crippen LogP contribution in [0.25, 0.3) is 0 Å². The molecule has 3 fully saturated rings. The summed E-state index contributed by atoms with van der Waals surface area (Å²) in [6.07, 6.45) is 3.23. The first kappa shape index (κ1) is 16.6. The van der Waals surface area contributed by atoms with Gasteiger partial charge in [-0.2, -0.15) is 0 Å². The molecular formula is C19H25BrN2O2. The first-order chi connectivity index (χ1) is 11.6. The molecule has 2 atom stereocenters. The summed E-state index contributed by atoms with van der Waals surface area (Å²) in [5, 5.41) is 3.46. The highest BCUT2D eigenvalue weighted by Gasteiger charge is 2.56. The van der Waals surface area contributed by atoms with Gasteiger partial charge in [0, 0.05) is 22.5 Å². The Morgan fingerprint density at radius 3 is 2.92 bits per heavy atom. The molecule has 3 aliphatic heterocycles. The third-order valence-electron chi connectivity index (χ3n) is 6.26. The van der Waals surface area contributed by atoms with Gasteiger partial charge in [0.25, 0.3) is 5.91 Å². The van der Waals surface area contributed by atoms with Gasteiger partial charge >= 0.3 is 0 Å². The van der Waals surface area contributed by atoms with E-state index in [0.717, 1.165) is 55.5 Å². The zero-order chi connectivity index (χ0) is 16.7. The SMILES string of the molecule is CCc1cc(C(=O)N2CC3(CCNCC3)[C@H]3COC[C@H]32)ccc1Br. The number of halogens is 1. The number of amides is 1. The minimum atomic E-state index is 0.174. The van der Waals surface area contributed by atoms with E-state index in [4.69, 9.17) is 4.74 Å². The topological polar surface area (TPSA) is 41.6 Å². The van der Waals surface area contributed by atoms with Crippen molar-refractivity contribution in [3.63, 3.8) is 0 Å². The van der Waals surface area contributed by atoms with E-state index in [0.29, 0.717) is 12.5 Å². The lowest BCUT2D eigenvalue weighted by molar-refractivity contribution is 0.0607. The van der Waals surface area contributed by atoms with Gasteiger partial charge in [0.05, 0.1) is 19.3 Å². The number of aryl methyl sites for hydroxylation is 1. The van der Waals surface area contributed by atoms with Crippen molar-refractivity contribution in [3.8, 4) is 0 Å². The lowest BCUT2D eigenvalue weighted by atomic mass is 9.70. The molecule has 0 radical (unpaired) electrons. The number of rotatable bonds is 2. The minimum Gasteiger partial charge on any atom is -0.379 e. The Balaban J connectivity index is 1.62. The fourth-order valence-corrected chi connectivity index (χ4v) is 5.36. The highest BCUT2D eigenvalue weighted by Crippen LogP contribution is 2.49. The van der Waals surface area contributed by atoms with Gasteiger partial charge in [0.15, 0.2) is 0 Å². The summed E-state index contributed by atoms with van der Waals surface area (Å²) in [5.74, 6) is 0.678. The fraction of sp³-hybridized carbons (Fsp3) is 0.632. The molecule has 24 heavy (non-hydrogen) atoms. The number of ether oxygens (including phenoxy) is 1. The molecule has 0 bridgehead atoms. The van der Waals surface area contributed by atoms with Crippen LogP contribution in [0, 0.1) is 11.3 Å². The van der Waals surface area contributed by atoms with Crippen LogP contribution in [-0.4, -0.2) is 49.7 Å². The van der Waals surface area contributed by atoms with Crippen LogP contribution in [0.2, 0.25) is 0 Å². The Labute approximate surface area is 152 Å². The van der Waals surface area contributed by atoms with Crippen LogP contribution in [0.4, 0.5) is 0 Å². The summed E-state index contributed by atoms with van der Waals surface area (Å²) in [6.45, 7) is 6.64. The number of fused-ring (bicyclic) bond motifs is 2. The normalized spacial score (nSPS) is 28.3. The van der Waals surface area contributed by atoms with E-state index in [2.05, 4.69) is 33.1 Å². The molecular weight excluding hydrogens is 368 g/mol.